The third-order valence-electron chi connectivity index (χ3n) is 11.3. The first-order valence-corrected chi connectivity index (χ1v) is 19.4. The predicted octanol–water partition coefficient (Wildman–Crippen LogP) is 15.7. The Kier molecular flexibility index (Phi) is 8.27. The van der Waals surface area contributed by atoms with Crippen LogP contribution in [0.2, 0.25) is 0 Å². The fourth-order valence-corrected chi connectivity index (χ4v) is 8.69. The van der Waals surface area contributed by atoms with E-state index in [0.29, 0.717) is 0 Å². The highest BCUT2D eigenvalue weighted by atomic mass is 16.3. The molecule has 0 aliphatic heterocycles. The Bertz CT molecular complexity index is 3190. The molecule has 0 unspecified atom stereocenters. The number of nitrogens with zero attached hydrogens (tertiary/aromatic N) is 2. The number of fused-ring (bicyclic) bond motifs is 7. The SMILES string of the molecule is C=C/C=C\c1c(C)oc2c(N(c3ccccc3)c3ccc(C)c4c3ccc3ccc(N(c5ccccc5)c5cccc6c5oc5ccccc56)c(C)c34)cccc12. The average molecular weight is 737 g/mol. The lowest BCUT2D eigenvalue weighted by Crippen LogP contribution is -2.12. The third kappa shape index (κ3) is 5.52. The minimum absolute atomic E-state index is 0.841. The predicted molar refractivity (Wildman–Crippen MR) is 241 cm³/mol. The summed E-state index contributed by atoms with van der Waals surface area (Å²) >= 11 is 0. The van der Waals surface area contributed by atoms with Crippen LogP contribution in [-0.4, -0.2) is 0 Å². The van der Waals surface area contributed by atoms with Gasteiger partial charge in [0.25, 0.3) is 0 Å². The number of aryl methyl sites for hydroxylation is 3. The standard InChI is InChI=1S/C53H40N2O2/c1-5-6-21-40-36(4)56-52-42(40)23-15-25-47(52)55(39-19-11-8-12-20-39)46-32-28-34(2)50-44(46)31-29-37-30-33-45(35(3)51(37)50)54(38-17-9-7-10-18-38)48-26-16-24-43-41-22-13-14-27-49(41)57-53(43)48/h5-33H,1H2,2-4H3/b21-6-. The Hall–Kier alpha value is -7.30. The lowest BCUT2D eigenvalue weighted by molar-refractivity contribution is 0.578. The summed E-state index contributed by atoms with van der Waals surface area (Å²) < 4.78 is 13.3. The zero-order chi connectivity index (χ0) is 38.6. The van der Waals surface area contributed by atoms with Gasteiger partial charge in [0, 0.05) is 44.2 Å². The summed E-state index contributed by atoms with van der Waals surface area (Å²) in [6.07, 6.45) is 5.84. The van der Waals surface area contributed by atoms with Crippen molar-refractivity contribution >= 4 is 94.7 Å². The molecule has 0 radical (unpaired) electrons. The molecule has 0 bridgehead atoms. The van der Waals surface area contributed by atoms with Gasteiger partial charge in [-0.3, -0.25) is 0 Å². The highest BCUT2D eigenvalue weighted by molar-refractivity contribution is 6.18. The van der Waals surface area contributed by atoms with Crippen molar-refractivity contribution in [2.24, 2.45) is 0 Å². The fourth-order valence-electron chi connectivity index (χ4n) is 8.69. The van der Waals surface area contributed by atoms with Crippen LogP contribution < -0.4 is 9.80 Å². The first-order chi connectivity index (χ1) is 28.0. The number of hydrogen-bond acceptors (Lipinski definition) is 4. The summed E-state index contributed by atoms with van der Waals surface area (Å²) in [4.78, 5) is 4.70. The van der Waals surface area contributed by atoms with Crippen molar-refractivity contribution in [3.8, 4) is 0 Å². The van der Waals surface area contributed by atoms with Gasteiger partial charge in [0.15, 0.2) is 11.2 Å². The molecule has 0 saturated heterocycles. The topological polar surface area (TPSA) is 32.8 Å². The maximum Gasteiger partial charge on any atom is 0.159 e. The molecule has 0 fully saturated rings. The quantitative estimate of drug-likeness (QED) is 0.115. The van der Waals surface area contributed by atoms with Crippen molar-refractivity contribution in [3.63, 3.8) is 0 Å². The number of furan rings is 2. The number of benzene rings is 8. The molecule has 0 aliphatic carbocycles. The minimum Gasteiger partial charge on any atom is -0.459 e. The average Bonchev–Trinajstić information content (AvgIpc) is 3.80. The molecular formula is C53H40N2O2. The summed E-state index contributed by atoms with van der Waals surface area (Å²) in [6.45, 7) is 10.4. The van der Waals surface area contributed by atoms with Crippen molar-refractivity contribution in [1.82, 2.24) is 0 Å². The van der Waals surface area contributed by atoms with E-state index in [4.69, 9.17) is 8.83 Å². The summed E-state index contributed by atoms with van der Waals surface area (Å²) in [5.41, 5.74) is 12.3. The molecule has 0 spiro atoms. The van der Waals surface area contributed by atoms with E-state index < -0.39 is 0 Å². The molecule has 10 aromatic rings. The monoisotopic (exact) mass is 736 g/mol. The van der Waals surface area contributed by atoms with E-state index in [9.17, 15) is 0 Å². The first kappa shape index (κ1) is 34.2. The molecule has 2 aromatic heterocycles. The molecule has 4 nitrogen and oxygen atoms in total. The van der Waals surface area contributed by atoms with Gasteiger partial charge in [-0.15, -0.1) is 0 Å². The molecular weight excluding hydrogens is 697 g/mol. The van der Waals surface area contributed by atoms with E-state index in [0.717, 1.165) is 83.7 Å². The van der Waals surface area contributed by atoms with Crippen LogP contribution in [-0.2, 0) is 0 Å². The van der Waals surface area contributed by atoms with Crippen molar-refractivity contribution in [2.45, 2.75) is 20.8 Å². The molecule has 0 amide bonds. The molecule has 2 heterocycles. The number of anilines is 6. The highest BCUT2D eigenvalue weighted by Gasteiger charge is 2.25. The largest absolute Gasteiger partial charge is 0.459 e. The second-order valence-corrected chi connectivity index (χ2v) is 14.6. The van der Waals surface area contributed by atoms with Crippen LogP contribution in [0.25, 0.3) is 60.5 Å². The van der Waals surface area contributed by atoms with Crippen molar-refractivity contribution in [3.05, 3.63) is 199 Å². The van der Waals surface area contributed by atoms with Crippen LogP contribution in [0.4, 0.5) is 34.1 Å². The third-order valence-corrected chi connectivity index (χ3v) is 11.3. The van der Waals surface area contributed by atoms with Gasteiger partial charge in [-0.05, 0) is 103 Å². The van der Waals surface area contributed by atoms with Crippen LogP contribution in [0.3, 0.4) is 0 Å². The van der Waals surface area contributed by atoms with Gasteiger partial charge in [0.1, 0.15) is 11.3 Å². The molecule has 10 rings (SSSR count). The summed E-state index contributed by atoms with van der Waals surface area (Å²) in [7, 11) is 0. The lowest BCUT2D eigenvalue weighted by atomic mass is 9.92. The summed E-state index contributed by atoms with van der Waals surface area (Å²) in [5, 5.41) is 8.06. The first-order valence-electron chi connectivity index (χ1n) is 19.4. The Morgan fingerprint density at radius 1 is 0.474 bits per heavy atom. The van der Waals surface area contributed by atoms with Gasteiger partial charge in [0.2, 0.25) is 0 Å². The molecule has 0 aliphatic rings. The molecule has 0 atom stereocenters. The van der Waals surface area contributed by atoms with Crippen LogP contribution in [0, 0.1) is 20.8 Å². The Morgan fingerprint density at radius 2 is 1.07 bits per heavy atom. The lowest BCUT2D eigenvalue weighted by Gasteiger charge is -2.29. The molecule has 0 N–H and O–H groups in total. The number of hydrogen-bond donors (Lipinski definition) is 0. The maximum atomic E-state index is 6.65. The Balaban J connectivity index is 1.24. The number of rotatable bonds is 8. The van der Waals surface area contributed by atoms with Gasteiger partial charge in [-0.1, -0.05) is 128 Å². The Morgan fingerprint density at radius 3 is 1.79 bits per heavy atom. The van der Waals surface area contributed by atoms with E-state index >= 15 is 0 Å². The van der Waals surface area contributed by atoms with Gasteiger partial charge in [0.05, 0.1) is 17.1 Å². The van der Waals surface area contributed by atoms with Crippen LogP contribution in [0.1, 0.15) is 22.5 Å². The Labute approximate surface area is 331 Å². The van der Waals surface area contributed by atoms with Gasteiger partial charge < -0.3 is 18.6 Å². The normalized spacial score (nSPS) is 11.8. The zero-order valence-electron chi connectivity index (χ0n) is 32.2. The van der Waals surface area contributed by atoms with Crippen LogP contribution in [0.15, 0.2) is 185 Å². The van der Waals surface area contributed by atoms with Crippen molar-refractivity contribution in [2.75, 3.05) is 9.80 Å². The van der Waals surface area contributed by atoms with Gasteiger partial charge in [-0.2, -0.15) is 0 Å². The molecule has 8 aromatic carbocycles. The van der Waals surface area contributed by atoms with Crippen molar-refractivity contribution in [1.29, 1.82) is 0 Å². The van der Waals surface area contributed by atoms with Gasteiger partial charge >= 0.3 is 0 Å². The second kappa shape index (κ2) is 13.8. The maximum absolute atomic E-state index is 6.65. The van der Waals surface area contributed by atoms with Gasteiger partial charge in [-0.25, -0.2) is 0 Å². The molecule has 4 heteroatoms. The van der Waals surface area contributed by atoms with E-state index in [1.807, 2.05) is 25.1 Å². The smallest absolute Gasteiger partial charge is 0.159 e. The molecule has 274 valence electrons. The summed E-state index contributed by atoms with van der Waals surface area (Å²) in [6, 6.07) is 55.9. The highest BCUT2D eigenvalue weighted by Crippen LogP contribution is 2.48. The molecule has 0 saturated carbocycles. The van der Waals surface area contributed by atoms with E-state index in [-0.39, 0.29) is 0 Å². The second-order valence-electron chi connectivity index (χ2n) is 14.6. The van der Waals surface area contributed by atoms with E-state index in [1.165, 1.54) is 27.3 Å². The van der Waals surface area contributed by atoms with E-state index in [2.05, 4.69) is 182 Å². The van der Waals surface area contributed by atoms with Crippen LogP contribution >= 0.6 is 0 Å². The summed E-state index contributed by atoms with van der Waals surface area (Å²) in [5.74, 6) is 0.868. The van der Waals surface area contributed by atoms with Crippen molar-refractivity contribution < 1.29 is 8.83 Å². The zero-order valence-corrected chi connectivity index (χ0v) is 32.2. The minimum atomic E-state index is 0.841. The number of para-hydroxylation sites is 5. The number of allylic oxidation sites excluding steroid dienone is 2. The van der Waals surface area contributed by atoms with Crippen LogP contribution in [0.5, 0.6) is 0 Å². The van der Waals surface area contributed by atoms with E-state index in [1.54, 1.807) is 6.08 Å². The molecule has 57 heavy (non-hydrogen) atoms. The fraction of sp³-hybridized carbons (Fsp3) is 0.0566.